The largest absolute Gasteiger partial charge is 0.481 e. The number of pyridine rings is 1. The Morgan fingerprint density at radius 1 is 1.41 bits per heavy atom. The monoisotopic (exact) mass is 334 g/mol. The molecular weight excluding hydrogens is 321 g/mol. The molecule has 120 valence electrons. The molecule has 1 N–H and O–H groups in total. The van der Waals surface area contributed by atoms with Gasteiger partial charge in [-0.25, -0.2) is 4.98 Å². The lowest BCUT2D eigenvalue weighted by Crippen LogP contribution is -2.42. The molecule has 1 amide bonds. The number of carbonyl (C=O) groups is 2. The lowest BCUT2D eigenvalue weighted by Gasteiger charge is -2.31. The van der Waals surface area contributed by atoms with Crippen LogP contribution in [0, 0.1) is 5.92 Å². The fourth-order valence-electron chi connectivity index (χ4n) is 2.28. The van der Waals surface area contributed by atoms with Gasteiger partial charge in [0.2, 0.25) is 0 Å². The van der Waals surface area contributed by atoms with Gasteiger partial charge in [0.25, 0.3) is 5.91 Å². The maximum Gasteiger partial charge on any atom is 0.447 e. The molecule has 0 aromatic carbocycles. The minimum absolute atomic E-state index is 0.000808. The lowest BCUT2D eigenvalue weighted by molar-refractivity contribution is -0.143. The van der Waals surface area contributed by atoms with Gasteiger partial charge in [0.15, 0.2) is 0 Å². The molecule has 1 aliphatic rings. The van der Waals surface area contributed by atoms with E-state index in [0.29, 0.717) is 19.4 Å². The molecule has 1 aromatic heterocycles. The van der Waals surface area contributed by atoms with E-state index in [1.54, 1.807) is 0 Å². The number of likely N-dealkylation sites (tertiary alicyclic amines) is 1. The second kappa shape index (κ2) is 6.55. The van der Waals surface area contributed by atoms with Crippen LogP contribution in [0.5, 0.6) is 0 Å². The Bertz CT molecular complexity index is 580. The van der Waals surface area contributed by atoms with E-state index >= 15 is 0 Å². The van der Waals surface area contributed by atoms with E-state index in [4.69, 9.17) is 5.11 Å². The van der Waals surface area contributed by atoms with Crippen molar-refractivity contribution in [3.63, 3.8) is 0 Å². The summed E-state index contributed by atoms with van der Waals surface area (Å²) < 4.78 is 37.5. The van der Waals surface area contributed by atoms with Crippen LogP contribution < -0.4 is 0 Å². The minimum atomic E-state index is -4.55. The zero-order valence-electron chi connectivity index (χ0n) is 11.3. The van der Waals surface area contributed by atoms with Gasteiger partial charge in [-0.05, 0) is 25.0 Å². The van der Waals surface area contributed by atoms with Gasteiger partial charge in [-0.3, -0.25) is 9.59 Å². The average molecular weight is 334 g/mol. The predicted octanol–water partition coefficient (Wildman–Crippen LogP) is 2.63. The first-order valence-corrected chi connectivity index (χ1v) is 7.32. The van der Waals surface area contributed by atoms with E-state index in [-0.39, 0.29) is 12.1 Å². The number of alkyl halides is 3. The smallest absolute Gasteiger partial charge is 0.447 e. The van der Waals surface area contributed by atoms with Gasteiger partial charge in [-0.2, -0.15) is 13.2 Å². The number of amides is 1. The molecule has 1 saturated heterocycles. The summed E-state index contributed by atoms with van der Waals surface area (Å²) in [7, 11) is 0. The fraction of sp³-hybridized carbons (Fsp3) is 0.462. The standard InChI is InChI=1S/C13H13F3N2O3S/c14-13(15,16)22-10-9(4-1-5-17-10)11(19)18-6-2-3-8(7-18)12(20)21/h1,4-5,8H,2-3,6-7H2,(H,20,21)/t8-/m0/s1. The number of carbonyl (C=O) groups excluding carboxylic acids is 1. The zero-order chi connectivity index (χ0) is 16.3. The Morgan fingerprint density at radius 2 is 2.14 bits per heavy atom. The number of hydrogen-bond donors (Lipinski definition) is 1. The first-order chi connectivity index (χ1) is 10.3. The van der Waals surface area contributed by atoms with Crippen LogP contribution in [0.2, 0.25) is 0 Å². The summed E-state index contributed by atoms with van der Waals surface area (Å²) in [6.45, 7) is 0.326. The van der Waals surface area contributed by atoms with Crippen LogP contribution in [0.3, 0.4) is 0 Å². The first kappa shape index (κ1) is 16.6. The molecule has 1 aliphatic heterocycles. The van der Waals surface area contributed by atoms with Crippen LogP contribution in [-0.4, -0.2) is 45.5 Å². The van der Waals surface area contributed by atoms with Crippen LogP contribution in [0.15, 0.2) is 23.4 Å². The van der Waals surface area contributed by atoms with E-state index in [9.17, 15) is 22.8 Å². The van der Waals surface area contributed by atoms with Gasteiger partial charge < -0.3 is 10.0 Å². The van der Waals surface area contributed by atoms with E-state index < -0.39 is 40.1 Å². The molecule has 1 fully saturated rings. The van der Waals surface area contributed by atoms with Crippen molar-refractivity contribution in [1.82, 2.24) is 9.88 Å². The van der Waals surface area contributed by atoms with Crippen molar-refractivity contribution in [2.45, 2.75) is 23.4 Å². The molecule has 0 bridgehead atoms. The summed E-state index contributed by atoms with van der Waals surface area (Å²) in [6.07, 6.45) is 2.14. The second-order valence-electron chi connectivity index (χ2n) is 4.83. The molecule has 0 unspecified atom stereocenters. The summed E-state index contributed by atoms with van der Waals surface area (Å²) in [5.41, 5.74) is -4.70. The van der Waals surface area contributed by atoms with Gasteiger partial charge in [-0.1, -0.05) is 0 Å². The van der Waals surface area contributed by atoms with Crippen LogP contribution in [0.4, 0.5) is 13.2 Å². The number of piperidine rings is 1. The SMILES string of the molecule is O=C(O)[C@H]1CCCN(C(=O)c2cccnc2SC(F)(F)F)C1. The molecule has 1 aromatic rings. The minimum Gasteiger partial charge on any atom is -0.481 e. The third-order valence-electron chi connectivity index (χ3n) is 3.27. The molecule has 5 nitrogen and oxygen atoms in total. The summed E-state index contributed by atoms with van der Waals surface area (Å²) in [6, 6.07) is 2.65. The number of carboxylic acids is 1. The van der Waals surface area contributed by atoms with E-state index in [1.807, 2.05) is 0 Å². The topological polar surface area (TPSA) is 70.5 Å². The van der Waals surface area contributed by atoms with Crippen molar-refractivity contribution >= 4 is 23.6 Å². The first-order valence-electron chi connectivity index (χ1n) is 6.51. The summed E-state index contributed by atoms with van der Waals surface area (Å²) in [4.78, 5) is 28.3. The molecular formula is C13H13F3N2O3S. The lowest BCUT2D eigenvalue weighted by atomic mass is 9.98. The summed E-state index contributed by atoms with van der Waals surface area (Å²) in [5.74, 6) is -2.31. The predicted molar refractivity (Wildman–Crippen MR) is 72.4 cm³/mol. The Labute approximate surface area is 128 Å². The van der Waals surface area contributed by atoms with Gasteiger partial charge in [-0.15, -0.1) is 0 Å². The average Bonchev–Trinajstić information content (AvgIpc) is 2.45. The van der Waals surface area contributed by atoms with Crippen LogP contribution in [0.1, 0.15) is 23.2 Å². The molecule has 0 radical (unpaired) electrons. The molecule has 0 spiro atoms. The van der Waals surface area contributed by atoms with E-state index in [1.165, 1.54) is 23.2 Å². The highest BCUT2D eigenvalue weighted by Crippen LogP contribution is 2.37. The third kappa shape index (κ3) is 4.12. The number of nitrogens with zero attached hydrogens (tertiary/aromatic N) is 2. The second-order valence-corrected chi connectivity index (χ2v) is 5.89. The number of hydrogen-bond acceptors (Lipinski definition) is 4. The van der Waals surface area contributed by atoms with Crippen molar-refractivity contribution in [3.05, 3.63) is 23.9 Å². The van der Waals surface area contributed by atoms with Crippen LogP contribution in [-0.2, 0) is 4.79 Å². The van der Waals surface area contributed by atoms with Crippen LogP contribution >= 0.6 is 11.8 Å². The van der Waals surface area contributed by atoms with Crippen LogP contribution in [0.25, 0.3) is 0 Å². The van der Waals surface area contributed by atoms with Gasteiger partial charge in [0, 0.05) is 31.0 Å². The number of aliphatic carboxylic acids is 1. The van der Waals surface area contributed by atoms with Crippen molar-refractivity contribution in [1.29, 1.82) is 0 Å². The van der Waals surface area contributed by atoms with E-state index in [0.717, 1.165) is 0 Å². The molecule has 2 heterocycles. The van der Waals surface area contributed by atoms with Gasteiger partial charge in [0.1, 0.15) is 5.03 Å². The summed E-state index contributed by atoms with van der Waals surface area (Å²) in [5, 5.41) is 8.59. The van der Waals surface area contributed by atoms with Crippen molar-refractivity contribution in [3.8, 4) is 0 Å². The molecule has 2 rings (SSSR count). The number of carboxylic acid groups (broad SMARTS) is 1. The Balaban J connectivity index is 2.20. The maximum absolute atomic E-state index is 12.5. The van der Waals surface area contributed by atoms with Gasteiger partial charge in [0.05, 0.1) is 11.5 Å². The number of aromatic nitrogens is 1. The normalized spacial score (nSPS) is 19.0. The highest BCUT2D eigenvalue weighted by Gasteiger charge is 2.34. The quantitative estimate of drug-likeness (QED) is 0.861. The van der Waals surface area contributed by atoms with Crippen molar-refractivity contribution < 1.29 is 27.9 Å². The van der Waals surface area contributed by atoms with E-state index in [2.05, 4.69) is 4.98 Å². The van der Waals surface area contributed by atoms with Crippen molar-refractivity contribution in [2.75, 3.05) is 13.1 Å². The number of halogens is 3. The Morgan fingerprint density at radius 3 is 2.77 bits per heavy atom. The highest BCUT2D eigenvalue weighted by molar-refractivity contribution is 8.00. The number of rotatable bonds is 3. The molecule has 9 heteroatoms. The molecule has 22 heavy (non-hydrogen) atoms. The van der Waals surface area contributed by atoms with Crippen molar-refractivity contribution in [2.24, 2.45) is 5.92 Å². The third-order valence-corrected chi connectivity index (χ3v) is 4.02. The fourth-order valence-corrected chi connectivity index (χ4v) is 2.88. The molecule has 0 aliphatic carbocycles. The molecule has 0 saturated carbocycles. The Hall–Kier alpha value is -1.77. The Kier molecular flexibility index (Phi) is 4.94. The maximum atomic E-state index is 12.5. The highest BCUT2D eigenvalue weighted by atomic mass is 32.2. The van der Waals surface area contributed by atoms with Gasteiger partial charge >= 0.3 is 11.5 Å². The number of thioether (sulfide) groups is 1. The molecule has 1 atom stereocenters. The summed E-state index contributed by atoms with van der Waals surface area (Å²) >= 11 is -0.448. The zero-order valence-corrected chi connectivity index (χ0v) is 12.2.